The summed E-state index contributed by atoms with van der Waals surface area (Å²) in [7, 11) is 3.07. The van der Waals surface area contributed by atoms with Crippen LogP contribution in [0.1, 0.15) is 27.1 Å². The van der Waals surface area contributed by atoms with E-state index in [0.717, 1.165) is 0 Å². The van der Waals surface area contributed by atoms with Gasteiger partial charge in [0.2, 0.25) is 0 Å². The molecule has 1 heterocycles. The van der Waals surface area contributed by atoms with E-state index in [2.05, 4.69) is 0 Å². The topological polar surface area (TPSA) is 59.1 Å². The largest absolute Gasteiger partial charge is 0.497 e. The molecule has 1 saturated heterocycles. The average Bonchev–Trinajstić information content (AvgIpc) is 2.98. The molecule has 28 heavy (non-hydrogen) atoms. The molecule has 0 aromatic heterocycles. The summed E-state index contributed by atoms with van der Waals surface area (Å²) in [5.74, 6) is 0.277. The molecule has 1 aliphatic rings. The Morgan fingerprint density at radius 1 is 0.821 bits per heavy atom. The van der Waals surface area contributed by atoms with Gasteiger partial charge in [0, 0.05) is 43.4 Å². The van der Waals surface area contributed by atoms with Gasteiger partial charge in [-0.15, -0.1) is 0 Å². The molecule has 2 amide bonds. The number of hydrogen-bond donors (Lipinski definition) is 0. The van der Waals surface area contributed by atoms with Crippen molar-refractivity contribution in [1.29, 1.82) is 0 Å². The Balaban J connectivity index is 1.71. The molecule has 0 saturated carbocycles. The molecule has 2 aromatic rings. The fraction of sp³-hybridized carbons (Fsp3) is 0.333. The van der Waals surface area contributed by atoms with Crippen LogP contribution in [-0.2, 0) is 0 Å². The minimum absolute atomic E-state index is 0.141. The van der Waals surface area contributed by atoms with Crippen molar-refractivity contribution in [3.8, 4) is 11.5 Å². The maximum absolute atomic E-state index is 13.4. The number of amides is 2. The van der Waals surface area contributed by atoms with Crippen LogP contribution in [-0.4, -0.2) is 62.0 Å². The summed E-state index contributed by atoms with van der Waals surface area (Å²) in [6, 6.07) is 10.7. The van der Waals surface area contributed by atoms with Crippen LogP contribution in [0.25, 0.3) is 0 Å². The fourth-order valence-corrected chi connectivity index (χ4v) is 3.24. The second-order valence-electron chi connectivity index (χ2n) is 6.55. The smallest absolute Gasteiger partial charge is 0.254 e. The zero-order valence-corrected chi connectivity index (χ0v) is 16.0. The molecule has 0 atom stereocenters. The molecule has 0 N–H and O–H groups in total. The van der Waals surface area contributed by atoms with E-state index in [1.165, 1.54) is 32.4 Å². The molecule has 7 heteroatoms. The van der Waals surface area contributed by atoms with Gasteiger partial charge in [0.25, 0.3) is 11.8 Å². The van der Waals surface area contributed by atoms with Crippen LogP contribution in [0.5, 0.6) is 11.5 Å². The lowest BCUT2D eigenvalue weighted by molar-refractivity contribution is 0.0718. The highest BCUT2D eigenvalue weighted by Gasteiger charge is 2.24. The van der Waals surface area contributed by atoms with Crippen molar-refractivity contribution in [2.75, 3.05) is 40.4 Å². The maximum atomic E-state index is 13.4. The number of ether oxygens (including phenoxy) is 2. The van der Waals surface area contributed by atoms with E-state index in [1.807, 2.05) is 0 Å². The number of halogens is 1. The van der Waals surface area contributed by atoms with E-state index in [-0.39, 0.29) is 11.8 Å². The van der Waals surface area contributed by atoms with Gasteiger partial charge in [-0.2, -0.15) is 0 Å². The minimum atomic E-state index is -0.440. The normalized spacial score (nSPS) is 14.4. The molecule has 6 nitrogen and oxygen atoms in total. The first kappa shape index (κ1) is 19.7. The Morgan fingerprint density at radius 3 is 1.93 bits per heavy atom. The molecule has 3 rings (SSSR count). The number of rotatable bonds is 4. The third-order valence-electron chi connectivity index (χ3n) is 4.74. The zero-order chi connectivity index (χ0) is 20.1. The lowest BCUT2D eigenvalue weighted by atomic mass is 10.1. The maximum Gasteiger partial charge on any atom is 0.254 e. The van der Waals surface area contributed by atoms with Crippen LogP contribution >= 0.6 is 0 Å². The standard InChI is InChI=1S/C21H23FN2O4/c1-27-18-12-16(13-19(14-18)28-2)21(26)24-8-4-7-23(9-10-24)20(25)15-5-3-6-17(22)11-15/h3,5-6,11-14H,4,7-10H2,1-2H3. The molecule has 2 aromatic carbocycles. The Bertz CT molecular complexity index is 849. The van der Waals surface area contributed by atoms with Crippen molar-refractivity contribution in [3.05, 3.63) is 59.4 Å². The lowest BCUT2D eigenvalue weighted by Gasteiger charge is -2.22. The highest BCUT2D eigenvalue weighted by atomic mass is 19.1. The van der Waals surface area contributed by atoms with Crippen LogP contribution in [0.15, 0.2) is 42.5 Å². The first-order valence-corrected chi connectivity index (χ1v) is 9.09. The molecule has 0 unspecified atom stereocenters. The molecule has 0 aliphatic carbocycles. The average molecular weight is 386 g/mol. The van der Waals surface area contributed by atoms with Crippen molar-refractivity contribution >= 4 is 11.8 Å². The van der Waals surface area contributed by atoms with Gasteiger partial charge in [0.15, 0.2) is 0 Å². The van der Waals surface area contributed by atoms with Crippen molar-refractivity contribution in [3.63, 3.8) is 0 Å². The monoisotopic (exact) mass is 386 g/mol. The van der Waals surface area contributed by atoms with Crippen LogP contribution in [0.2, 0.25) is 0 Å². The van der Waals surface area contributed by atoms with Gasteiger partial charge < -0.3 is 19.3 Å². The highest BCUT2D eigenvalue weighted by molar-refractivity contribution is 5.96. The van der Waals surface area contributed by atoms with E-state index in [0.29, 0.717) is 55.2 Å². The van der Waals surface area contributed by atoms with E-state index in [1.54, 1.807) is 34.1 Å². The Hall–Kier alpha value is -3.09. The third-order valence-corrected chi connectivity index (χ3v) is 4.74. The molecular formula is C21H23FN2O4. The SMILES string of the molecule is COc1cc(OC)cc(C(=O)N2CCCN(C(=O)c3cccc(F)c3)CC2)c1. The quantitative estimate of drug-likeness (QED) is 0.811. The zero-order valence-electron chi connectivity index (χ0n) is 16.0. The number of carbonyl (C=O) groups is 2. The lowest BCUT2D eigenvalue weighted by Crippen LogP contribution is -2.37. The van der Waals surface area contributed by atoms with Gasteiger partial charge in [-0.3, -0.25) is 9.59 Å². The summed E-state index contributed by atoms with van der Waals surface area (Å²) in [6.45, 7) is 1.84. The number of hydrogen-bond acceptors (Lipinski definition) is 4. The Kier molecular flexibility index (Phi) is 6.13. The summed E-state index contributed by atoms with van der Waals surface area (Å²) in [5, 5.41) is 0. The van der Waals surface area contributed by atoms with E-state index in [4.69, 9.17) is 9.47 Å². The number of carbonyl (C=O) groups excluding carboxylic acids is 2. The molecule has 148 valence electrons. The third kappa shape index (κ3) is 4.42. The van der Waals surface area contributed by atoms with Crippen molar-refractivity contribution in [2.24, 2.45) is 0 Å². The van der Waals surface area contributed by atoms with Crippen LogP contribution in [0.3, 0.4) is 0 Å². The second kappa shape index (κ2) is 8.73. The van der Waals surface area contributed by atoms with Crippen LogP contribution < -0.4 is 9.47 Å². The van der Waals surface area contributed by atoms with Gasteiger partial charge in [-0.25, -0.2) is 4.39 Å². The van der Waals surface area contributed by atoms with E-state index in [9.17, 15) is 14.0 Å². The highest BCUT2D eigenvalue weighted by Crippen LogP contribution is 2.24. The van der Waals surface area contributed by atoms with Gasteiger partial charge in [0.1, 0.15) is 17.3 Å². The van der Waals surface area contributed by atoms with E-state index < -0.39 is 5.82 Å². The predicted molar refractivity (Wildman–Crippen MR) is 102 cm³/mol. The molecule has 0 spiro atoms. The predicted octanol–water partition coefficient (Wildman–Crippen LogP) is 2.83. The van der Waals surface area contributed by atoms with Crippen molar-refractivity contribution in [1.82, 2.24) is 9.80 Å². The van der Waals surface area contributed by atoms with Gasteiger partial charge in [-0.05, 0) is 36.8 Å². The molecule has 1 aliphatic heterocycles. The van der Waals surface area contributed by atoms with Crippen LogP contribution in [0, 0.1) is 5.82 Å². The fourth-order valence-electron chi connectivity index (χ4n) is 3.24. The summed E-state index contributed by atoms with van der Waals surface area (Å²) >= 11 is 0. The first-order chi connectivity index (χ1) is 13.5. The van der Waals surface area contributed by atoms with Gasteiger partial charge in [-0.1, -0.05) is 6.07 Å². The summed E-state index contributed by atoms with van der Waals surface area (Å²) < 4.78 is 23.9. The van der Waals surface area contributed by atoms with Gasteiger partial charge in [0.05, 0.1) is 14.2 Å². The molecule has 0 radical (unpaired) electrons. The van der Waals surface area contributed by atoms with Crippen LogP contribution in [0.4, 0.5) is 4.39 Å². The number of benzene rings is 2. The Labute approximate surface area is 163 Å². The molecule has 1 fully saturated rings. The van der Waals surface area contributed by atoms with Crippen molar-refractivity contribution in [2.45, 2.75) is 6.42 Å². The summed E-state index contributed by atoms with van der Waals surface area (Å²) in [6.07, 6.45) is 0.647. The van der Waals surface area contributed by atoms with Crippen molar-refractivity contribution < 1.29 is 23.5 Å². The number of methoxy groups -OCH3 is 2. The Morgan fingerprint density at radius 2 is 1.39 bits per heavy atom. The first-order valence-electron chi connectivity index (χ1n) is 9.09. The molecule has 0 bridgehead atoms. The summed E-state index contributed by atoms with van der Waals surface area (Å²) in [5.41, 5.74) is 0.790. The second-order valence-corrected chi connectivity index (χ2v) is 6.55. The van der Waals surface area contributed by atoms with E-state index >= 15 is 0 Å². The molecular weight excluding hydrogens is 363 g/mol. The van der Waals surface area contributed by atoms with Gasteiger partial charge >= 0.3 is 0 Å². The minimum Gasteiger partial charge on any atom is -0.497 e. The number of nitrogens with zero attached hydrogens (tertiary/aromatic N) is 2. The summed E-state index contributed by atoms with van der Waals surface area (Å²) in [4.78, 5) is 29.0.